The minimum absolute atomic E-state index is 0.0150. The first kappa shape index (κ1) is 20.8. The van der Waals surface area contributed by atoms with E-state index in [1.807, 2.05) is 24.3 Å². The van der Waals surface area contributed by atoms with Crippen molar-refractivity contribution in [1.82, 2.24) is 20.3 Å². The number of aromatic nitrogens is 1. The second-order valence-corrected chi connectivity index (χ2v) is 8.06. The molecule has 10 heteroatoms. The maximum absolute atomic E-state index is 13.0. The molecule has 0 bridgehead atoms. The molecule has 1 aliphatic heterocycles. The van der Waals surface area contributed by atoms with E-state index in [4.69, 9.17) is 0 Å². The van der Waals surface area contributed by atoms with Gasteiger partial charge in [0.2, 0.25) is 5.91 Å². The number of hydrogen-bond donors (Lipinski definition) is 3. The topological polar surface area (TPSA) is 123 Å². The summed E-state index contributed by atoms with van der Waals surface area (Å²) in [4.78, 5) is 40.8. The van der Waals surface area contributed by atoms with Crippen LogP contribution in [0.3, 0.4) is 0 Å². The number of pyridine rings is 1. The zero-order valence-electron chi connectivity index (χ0n) is 15.9. The van der Waals surface area contributed by atoms with Crippen LogP contribution in [0, 0.1) is 0 Å². The first-order valence-corrected chi connectivity index (χ1v) is 9.83. The number of carbonyl (C=O) groups is 3. The first-order valence-electron chi connectivity index (χ1n) is 9.04. The van der Waals surface area contributed by atoms with Crippen molar-refractivity contribution >= 4 is 44.9 Å². The molecule has 3 amide bonds. The molecule has 1 aliphatic rings. The summed E-state index contributed by atoms with van der Waals surface area (Å²) in [5.41, 5.74) is -0.178. The van der Waals surface area contributed by atoms with E-state index < -0.39 is 29.7 Å². The number of nitrogens with one attached hydrogen (secondary N) is 1. The van der Waals surface area contributed by atoms with Gasteiger partial charge in [0.25, 0.3) is 0 Å². The third kappa shape index (κ3) is 3.98. The highest BCUT2D eigenvalue weighted by molar-refractivity contribution is 9.10. The fourth-order valence-corrected chi connectivity index (χ4v) is 3.87. The largest absolute Gasteiger partial charge is 0.464 e. The van der Waals surface area contributed by atoms with Crippen LogP contribution >= 0.6 is 15.9 Å². The second-order valence-electron chi connectivity index (χ2n) is 7.15. The van der Waals surface area contributed by atoms with Crippen molar-refractivity contribution in [1.29, 1.82) is 0 Å². The Morgan fingerprint density at radius 3 is 2.55 bits per heavy atom. The molecule has 1 aromatic carbocycles. The lowest BCUT2D eigenvalue weighted by molar-refractivity contribution is -0.149. The number of nitrogens with zero attached hydrogens (tertiary/aromatic N) is 3. The van der Waals surface area contributed by atoms with Crippen molar-refractivity contribution < 1.29 is 24.6 Å². The Balaban J connectivity index is 1.85. The van der Waals surface area contributed by atoms with Gasteiger partial charge in [-0.2, -0.15) is 5.01 Å². The van der Waals surface area contributed by atoms with E-state index in [1.54, 1.807) is 13.0 Å². The number of rotatable bonds is 3. The molecule has 1 unspecified atom stereocenters. The fourth-order valence-electron chi connectivity index (χ4n) is 3.52. The molecule has 154 valence electrons. The van der Waals surface area contributed by atoms with Gasteiger partial charge in [0, 0.05) is 16.4 Å². The number of amides is 3. The van der Waals surface area contributed by atoms with Crippen molar-refractivity contribution in [3.63, 3.8) is 0 Å². The summed E-state index contributed by atoms with van der Waals surface area (Å²) in [5, 5.41) is 23.9. The molecule has 1 saturated heterocycles. The van der Waals surface area contributed by atoms with Gasteiger partial charge in [-0.05, 0) is 44.9 Å². The molecule has 9 nitrogen and oxygen atoms in total. The molecule has 1 fully saturated rings. The van der Waals surface area contributed by atoms with E-state index in [2.05, 4.69) is 26.2 Å². The van der Waals surface area contributed by atoms with Gasteiger partial charge in [-0.1, -0.05) is 28.1 Å². The van der Waals surface area contributed by atoms with Crippen LogP contribution < -0.4 is 5.32 Å². The highest BCUT2D eigenvalue weighted by Crippen LogP contribution is 2.30. The lowest BCUT2D eigenvalue weighted by Crippen LogP contribution is -2.68. The Hall–Kier alpha value is -2.88. The maximum Gasteiger partial charge on any atom is 0.427 e. The van der Waals surface area contributed by atoms with E-state index in [0.29, 0.717) is 22.1 Å². The minimum atomic E-state index is -1.55. The van der Waals surface area contributed by atoms with Crippen LogP contribution in [0.25, 0.3) is 10.9 Å². The summed E-state index contributed by atoms with van der Waals surface area (Å²) < 4.78 is 0.881. The van der Waals surface area contributed by atoms with Gasteiger partial charge in [-0.3, -0.25) is 9.78 Å². The lowest BCUT2D eigenvalue weighted by atomic mass is 9.91. The van der Waals surface area contributed by atoms with Gasteiger partial charge < -0.3 is 15.5 Å². The number of benzene rings is 1. The molecule has 2 heterocycles. The van der Waals surface area contributed by atoms with Gasteiger partial charge in [-0.25, -0.2) is 14.6 Å². The fraction of sp³-hybridized carbons (Fsp3) is 0.368. The third-order valence-electron chi connectivity index (χ3n) is 5.10. The Morgan fingerprint density at radius 1 is 1.21 bits per heavy atom. The number of carbonyl (C=O) groups excluding carboxylic acids is 1. The predicted molar refractivity (Wildman–Crippen MR) is 108 cm³/mol. The average Bonchev–Trinajstić information content (AvgIpc) is 2.66. The molecule has 3 rings (SSSR count). The maximum atomic E-state index is 13.0. The van der Waals surface area contributed by atoms with Crippen LogP contribution in [0.4, 0.5) is 9.59 Å². The van der Waals surface area contributed by atoms with Crippen LogP contribution in [0.2, 0.25) is 0 Å². The quantitative estimate of drug-likeness (QED) is 0.637. The molecular weight excluding hydrogens is 444 g/mol. The molecule has 0 saturated carbocycles. The molecular formula is C19H21BrN4O5. The third-order valence-corrected chi connectivity index (χ3v) is 5.59. The number of fused-ring (bicyclic) bond motifs is 1. The molecule has 0 spiro atoms. The van der Waals surface area contributed by atoms with Crippen molar-refractivity contribution in [2.45, 2.75) is 38.3 Å². The molecule has 0 aliphatic carbocycles. The van der Waals surface area contributed by atoms with Crippen molar-refractivity contribution in [3.05, 3.63) is 40.5 Å². The molecule has 1 aromatic heterocycles. The van der Waals surface area contributed by atoms with Gasteiger partial charge in [-0.15, -0.1) is 0 Å². The summed E-state index contributed by atoms with van der Waals surface area (Å²) in [6.07, 6.45) is -2.33. The highest BCUT2D eigenvalue weighted by atomic mass is 79.9. The van der Waals surface area contributed by atoms with Crippen molar-refractivity contribution in [3.8, 4) is 0 Å². The lowest BCUT2D eigenvalue weighted by Gasteiger charge is -2.46. The van der Waals surface area contributed by atoms with Crippen molar-refractivity contribution in [2.24, 2.45) is 0 Å². The highest BCUT2D eigenvalue weighted by Gasteiger charge is 2.50. The normalized spacial score (nSPS) is 20.4. The van der Waals surface area contributed by atoms with Crippen LogP contribution in [-0.2, 0) is 4.79 Å². The average molecular weight is 465 g/mol. The van der Waals surface area contributed by atoms with Crippen LogP contribution in [-0.4, -0.2) is 55.4 Å². The van der Waals surface area contributed by atoms with Gasteiger partial charge >= 0.3 is 12.2 Å². The van der Waals surface area contributed by atoms with Crippen LogP contribution in [0.5, 0.6) is 0 Å². The Labute approximate surface area is 175 Å². The number of hydrogen-bond acceptors (Lipinski definition) is 4. The zero-order valence-corrected chi connectivity index (χ0v) is 17.5. The molecule has 3 N–H and O–H groups in total. The van der Waals surface area contributed by atoms with Gasteiger partial charge in [0.1, 0.15) is 5.54 Å². The molecule has 29 heavy (non-hydrogen) atoms. The smallest absolute Gasteiger partial charge is 0.427 e. The second kappa shape index (κ2) is 7.86. The summed E-state index contributed by atoms with van der Waals surface area (Å²) in [6, 6.07) is 8.89. The minimum Gasteiger partial charge on any atom is -0.464 e. The first-order chi connectivity index (χ1) is 13.6. The Morgan fingerprint density at radius 2 is 1.90 bits per heavy atom. The van der Waals surface area contributed by atoms with E-state index in [1.165, 1.54) is 6.92 Å². The van der Waals surface area contributed by atoms with E-state index in [-0.39, 0.29) is 13.0 Å². The predicted octanol–water partition coefficient (Wildman–Crippen LogP) is 3.60. The Bertz CT molecular complexity index is 984. The summed E-state index contributed by atoms with van der Waals surface area (Å²) in [7, 11) is 0. The molecule has 2 aromatic rings. The number of hydrazine groups is 1. The number of halogens is 1. The van der Waals surface area contributed by atoms with E-state index in [9.17, 15) is 24.6 Å². The monoisotopic (exact) mass is 464 g/mol. The zero-order chi connectivity index (χ0) is 21.3. The van der Waals surface area contributed by atoms with Gasteiger partial charge in [0.15, 0.2) is 0 Å². The molecule has 2 atom stereocenters. The standard InChI is InChI=1S/C19H21BrN4O5/c1-11(14-7-5-12-4-6-13(20)10-15(12)22-14)21-16(25)19(2)8-3-9-23(17(26)27)24(19)18(28)29/h4-7,10-11H,3,8-9H2,1-2H3,(H,21,25)(H,26,27)(H,28,29)/t11-,19?/m1/s1. The van der Waals surface area contributed by atoms with Crippen LogP contribution in [0.15, 0.2) is 34.8 Å². The van der Waals surface area contributed by atoms with Crippen LogP contribution in [0.1, 0.15) is 38.4 Å². The summed E-state index contributed by atoms with van der Waals surface area (Å²) in [6.45, 7) is 3.20. The van der Waals surface area contributed by atoms with Crippen molar-refractivity contribution in [2.75, 3.05) is 6.54 Å². The summed E-state index contributed by atoms with van der Waals surface area (Å²) >= 11 is 3.41. The number of carboxylic acid groups (broad SMARTS) is 2. The SMILES string of the molecule is C[C@@H](NC(=O)C1(C)CCCN(C(=O)O)N1C(=O)O)c1ccc2ccc(Br)cc2n1. The van der Waals surface area contributed by atoms with E-state index >= 15 is 0 Å². The molecule has 0 radical (unpaired) electrons. The van der Waals surface area contributed by atoms with E-state index in [0.717, 1.165) is 15.4 Å². The Kier molecular flexibility index (Phi) is 5.65. The van der Waals surface area contributed by atoms with Gasteiger partial charge in [0.05, 0.1) is 17.3 Å². The summed E-state index contributed by atoms with van der Waals surface area (Å²) in [5.74, 6) is -0.575.